The van der Waals surface area contributed by atoms with Crippen molar-refractivity contribution in [3.05, 3.63) is 29.3 Å². The zero-order valence-electron chi connectivity index (χ0n) is 12.6. The lowest BCUT2D eigenvalue weighted by molar-refractivity contribution is -0.141. The zero-order chi connectivity index (χ0) is 14.7. The number of nitrogens with zero attached hydrogens (tertiary/aromatic N) is 1. The van der Waals surface area contributed by atoms with Gasteiger partial charge < -0.3 is 15.4 Å². The van der Waals surface area contributed by atoms with Crippen molar-refractivity contribution in [2.45, 2.75) is 32.7 Å². The first-order valence-electron chi connectivity index (χ1n) is 7.14. The third-order valence-corrected chi connectivity index (χ3v) is 4.11. The number of rotatable bonds is 3. The number of hydrogen-bond acceptors (Lipinski definition) is 4. The summed E-state index contributed by atoms with van der Waals surface area (Å²) in [5.74, 6) is 0.122. The molecule has 1 aromatic carbocycles. The number of esters is 1. The van der Waals surface area contributed by atoms with Gasteiger partial charge in [0.05, 0.1) is 13.5 Å². The maximum atomic E-state index is 11.4. The van der Waals surface area contributed by atoms with Gasteiger partial charge in [0.1, 0.15) is 0 Å². The Morgan fingerprint density at radius 3 is 2.75 bits per heavy atom. The minimum Gasteiger partial charge on any atom is -0.469 e. The Hall–Kier alpha value is -1.55. The molecule has 4 heteroatoms. The fraction of sp³-hybridized carbons (Fsp3) is 0.562. The summed E-state index contributed by atoms with van der Waals surface area (Å²) in [4.78, 5) is 13.7. The summed E-state index contributed by atoms with van der Waals surface area (Å²) in [6.07, 6.45) is 1.34. The van der Waals surface area contributed by atoms with E-state index in [9.17, 15) is 4.79 Å². The molecule has 2 rings (SSSR count). The molecule has 0 radical (unpaired) electrons. The average molecular weight is 276 g/mol. The zero-order valence-corrected chi connectivity index (χ0v) is 12.6. The van der Waals surface area contributed by atoms with Gasteiger partial charge in [-0.1, -0.05) is 6.07 Å². The fourth-order valence-corrected chi connectivity index (χ4v) is 2.85. The summed E-state index contributed by atoms with van der Waals surface area (Å²) in [5, 5.41) is 0. The lowest BCUT2D eigenvalue weighted by Gasteiger charge is -2.37. The highest BCUT2D eigenvalue weighted by molar-refractivity contribution is 5.69. The van der Waals surface area contributed by atoms with Gasteiger partial charge in [-0.25, -0.2) is 0 Å². The van der Waals surface area contributed by atoms with Crippen molar-refractivity contribution in [3.63, 3.8) is 0 Å². The molecule has 0 amide bonds. The summed E-state index contributed by atoms with van der Waals surface area (Å²) in [6, 6.07) is 6.58. The predicted molar refractivity (Wildman–Crippen MR) is 80.8 cm³/mol. The number of carbonyl (C=O) groups excluding carboxylic acids is 1. The first-order chi connectivity index (χ1) is 9.49. The van der Waals surface area contributed by atoms with E-state index in [1.807, 2.05) is 0 Å². The highest BCUT2D eigenvalue weighted by Gasteiger charge is 2.27. The summed E-state index contributed by atoms with van der Waals surface area (Å²) < 4.78 is 4.77. The largest absolute Gasteiger partial charge is 0.469 e. The number of nitrogens with two attached hydrogens (primary N) is 1. The number of piperidine rings is 1. The highest BCUT2D eigenvalue weighted by Crippen LogP contribution is 2.26. The van der Waals surface area contributed by atoms with E-state index in [1.165, 1.54) is 23.9 Å². The Bertz CT molecular complexity index is 487. The Morgan fingerprint density at radius 2 is 2.10 bits per heavy atom. The van der Waals surface area contributed by atoms with Gasteiger partial charge in [-0.05, 0) is 49.4 Å². The molecule has 1 aliphatic rings. The van der Waals surface area contributed by atoms with E-state index in [0.29, 0.717) is 6.42 Å². The number of methoxy groups -OCH3 is 1. The van der Waals surface area contributed by atoms with Crippen LogP contribution < -0.4 is 10.6 Å². The molecule has 0 spiro atoms. The summed E-state index contributed by atoms with van der Waals surface area (Å²) >= 11 is 0. The Labute approximate surface area is 120 Å². The van der Waals surface area contributed by atoms with Gasteiger partial charge in [-0.2, -0.15) is 0 Å². The lowest BCUT2D eigenvalue weighted by Crippen LogP contribution is -2.47. The molecule has 0 aromatic heterocycles. The number of anilines is 1. The molecule has 1 aromatic rings. The van der Waals surface area contributed by atoms with Crippen LogP contribution in [0.4, 0.5) is 5.69 Å². The van der Waals surface area contributed by atoms with Crippen LogP contribution in [0.25, 0.3) is 0 Å². The van der Waals surface area contributed by atoms with E-state index in [4.69, 9.17) is 10.5 Å². The summed E-state index contributed by atoms with van der Waals surface area (Å²) in [5.41, 5.74) is 9.91. The minimum absolute atomic E-state index is 0.111. The lowest BCUT2D eigenvalue weighted by atomic mass is 9.91. The fourth-order valence-electron chi connectivity index (χ4n) is 2.85. The summed E-state index contributed by atoms with van der Waals surface area (Å²) in [6.45, 7) is 5.95. The normalized spacial score (nSPS) is 22.7. The molecule has 0 aliphatic carbocycles. The van der Waals surface area contributed by atoms with E-state index in [1.54, 1.807) is 0 Å². The molecule has 1 heterocycles. The molecule has 0 bridgehead atoms. The molecule has 1 saturated heterocycles. The molecule has 2 N–H and O–H groups in total. The Morgan fingerprint density at radius 1 is 1.35 bits per heavy atom. The van der Waals surface area contributed by atoms with Crippen LogP contribution in [0.2, 0.25) is 0 Å². The summed E-state index contributed by atoms with van der Waals surface area (Å²) in [7, 11) is 1.44. The molecular weight excluding hydrogens is 252 g/mol. The van der Waals surface area contributed by atoms with Gasteiger partial charge in [0, 0.05) is 24.8 Å². The van der Waals surface area contributed by atoms with E-state index in [2.05, 4.69) is 36.9 Å². The number of hydrogen-bond donors (Lipinski definition) is 1. The van der Waals surface area contributed by atoms with E-state index >= 15 is 0 Å². The monoisotopic (exact) mass is 276 g/mol. The van der Waals surface area contributed by atoms with Gasteiger partial charge in [-0.15, -0.1) is 0 Å². The molecule has 2 atom stereocenters. The van der Waals surface area contributed by atoms with Crippen molar-refractivity contribution in [2.75, 3.05) is 25.1 Å². The number of carbonyl (C=O) groups is 1. The average Bonchev–Trinajstić information content (AvgIpc) is 2.41. The number of aryl methyl sites for hydroxylation is 2. The molecule has 20 heavy (non-hydrogen) atoms. The van der Waals surface area contributed by atoms with Gasteiger partial charge >= 0.3 is 5.97 Å². The molecule has 2 unspecified atom stereocenters. The van der Waals surface area contributed by atoms with Crippen LogP contribution in [0.3, 0.4) is 0 Å². The van der Waals surface area contributed by atoms with Crippen molar-refractivity contribution >= 4 is 11.7 Å². The van der Waals surface area contributed by atoms with Crippen LogP contribution in [0.1, 0.15) is 24.0 Å². The number of ether oxygens (including phenoxy) is 1. The van der Waals surface area contributed by atoms with E-state index in [-0.39, 0.29) is 17.9 Å². The molecule has 110 valence electrons. The van der Waals surface area contributed by atoms with Gasteiger partial charge in [-0.3, -0.25) is 4.79 Å². The highest BCUT2D eigenvalue weighted by atomic mass is 16.5. The minimum atomic E-state index is -0.149. The predicted octanol–water partition coefficient (Wildman–Crippen LogP) is 2.02. The SMILES string of the molecule is COC(=O)CC1CC(N)CN(c2ccc(C)c(C)c2)C1. The van der Waals surface area contributed by atoms with Crippen molar-refractivity contribution in [3.8, 4) is 0 Å². The quantitative estimate of drug-likeness (QED) is 0.858. The second kappa shape index (κ2) is 6.27. The first-order valence-corrected chi connectivity index (χ1v) is 7.14. The van der Waals surface area contributed by atoms with Crippen molar-refractivity contribution in [1.29, 1.82) is 0 Å². The molecule has 0 saturated carbocycles. The van der Waals surface area contributed by atoms with Crippen molar-refractivity contribution < 1.29 is 9.53 Å². The van der Waals surface area contributed by atoms with E-state index < -0.39 is 0 Å². The van der Waals surface area contributed by atoms with Crippen LogP contribution in [0.5, 0.6) is 0 Å². The Balaban J connectivity index is 2.10. The molecule has 4 nitrogen and oxygen atoms in total. The first kappa shape index (κ1) is 14.9. The van der Waals surface area contributed by atoms with Crippen LogP contribution in [-0.2, 0) is 9.53 Å². The van der Waals surface area contributed by atoms with Gasteiger partial charge in [0.2, 0.25) is 0 Å². The number of benzene rings is 1. The van der Waals surface area contributed by atoms with Crippen molar-refractivity contribution in [2.24, 2.45) is 11.7 Å². The molecule has 1 fully saturated rings. The second-order valence-electron chi connectivity index (χ2n) is 5.82. The standard InChI is InChI=1S/C16H24N2O2/c1-11-4-5-15(6-12(11)2)18-9-13(7-14(17)10-18)8-16(19)20-3/h4-6,13-14H,7-10,17H2,1-3H3. The van der Waals surface area contributed by atoms with Crippen LogP contribution in [-0.4, -0.2) is 32.2 Å². The van der Waals surface area contributed by atoms with E-state index in [0.717, 1.165) is 19.5 Å². The maximum Gasteiger partial charge on any atom is 0.305 e. The second-order valence-corrected chi connectivity index (χ2v) is 5.82. The topological polar surface area (TPSA) is 55.6 Å². The van der Waals surface area contributed by atoms with Crippen LogP contribution >= 0.6 is 0 Å². The smallest absolute Gasteiger partial charge is 0.305 e. The van der Waals surface area contributed by atoms with Crippen LogP contribution in [0.15, 0.2) is 18.2 Å². The third kappa shape index (κ3) is 3.51. The van der Waals surface area contributed by atoms with Crippen LogP contribution in [0, 0.1) is 19.8 Å². The maximum absolute atomic E-state index is 11.4. The van der Waals surface area contributed by atoms with Gasteiger partial charge in [0.25, 0.3) is 0 Å². The Kier molecular flexibility index (Phi) is 4.65. The third-order valence-electron chi connectivity index (χ3n) is 4.11. The van der Waals surface area contributed by atoms with Gasteiger partial charge in [0.15, 0.2) is 0 Å². The van der Waals surface area contributed by atoms with Crippen molar-refractivity contribution in [1.82, 2.24) is 0 Å². The molecular formula is C16H24N2O2. The molecule has 1 aliphatic heterocycles.